The van der Waals surface area contributed by atoms with Crippen molar-refractivity contribution in [2.75, 3.05) is 5.73 Å². The SMILES string of the molecule is CC(C)(C)OC(=O)Oc1cccc(-c2ccc(C(=O)O)c(N)c2)c1. The van der Waals surface area contributed by atoms with Crippen molar-refractivity contribution in [3.05, 3.63) is 48.0 Å². The highest BCUT2D eigenvalue weighted by atomic mass is 16.7. The number of nitrogen functional groups attached to an aromatic ring is 1. The number of carbonyl (C=O) groups is 2. The highest BCUT2D eigenvalue weighted by Gasteiger charge is 2.18. The Morgan fingerprint density at radius 3 is 2.29 bits per heavy atom. The second kappa shape index (κ2) is 6.62. The Labute approximate surface area is 139 Å². The van der Waals surface area contributed by atoms with E-state index in [9.17, 15) is 9.59 Å². The van der Waals surface area contributed by atoms with Gasteiger partial charge in [-0.1, -0.05) is 18.2 Å². The van der Waals surface area contributed by atoms with E-state index in [2.05, 4.69) is 0 Å². The van der Waals surface area contributed by atoms with E-state index in [0.717, 1.165) is 5.56 Å². The monoisotopic (exact) mass is 329 g/mol. The quantitative estimate of drug-likeness (QED) is 0.502. The van der Waals surface area contributed by atoms with Gasteiger partial charge in [-0.15, -0.1) is 0 Å². The van der Waals surface area contributed by atoms with Crippen LogP contribution in [0.2, 0.25) is 0 Å². The summed E-state index contributed by atoms with van der Waals surface area (Å²) in [7, 11) is 0. The van der Waals surface area contributed by atoms with Crippen LogP contribution in [0, 0.1) is 0 Å². The highest BCUT2D eigenvalue weighted by Crippen LogP contribution is 2.27. The van der Waals surface area contributed by atoms with Crippen LogP contribution in [0.15, 0.2) is 42.5 Å². The number of anilines is 1. The minimum atomic E-state index is -1.08. The van der Waals surface area contributed by atoms with E-state index < -0.39 is 17.7 Å². The zero-order chi connectivity index (χ0) is 17.9. The summed E-state index contributed by atoms with van der Waals surface area (Å²) in [5, 5.41) is 9.01. The van der Waals surface area contributed by atoms with Gasteiger partial charge in [-0.25, -0.2) is 9.59 Å². The Kier molecular flexibility index (Phi) is 4.78. The number of aromatic carboxylic acids is 1. The Balaban J connectivity index is 2.23. The van der Waals surface area contributed by atoms with Gasteiger partial charge < -0.3 is 20.3 Å². The topological polar surface area (TPSA) is 98.8 Å². The molecule has 2 aromatic rings. The van der Waals surface area contributed by atoms with Crippen molar-refractivity contribution in [1.29, 1.82) is 0 Å². The minimum absolute atomic E-state index is 0.0416. The van der Waals surface area contributed by atoms with E-state index in [1.165, 1.54) is 6.07 Å². The van der Waals surface area contributed by atoms with Crippen LogP contribution in [-0.2, 0) is 4.74 Å². The molecule has 24 heavy (non-hydrogen) atoms. The van der Waals surface area contributed by atoms with Crippen LogP contribution in [0.5, 0.6) is 5.75 Å². The molecule has 0 fully saturated rings. The number of carboxylic acid groups (broad SMARTS) is 1. The molecule has 0 heterocycles. The van der Waals surface area contributed by atoms with Gasteiger partial charge >= 0.3 is 12.1 Å². The lowest BCUT2D eigenvalue weighted by atomic mass is 10.0. The first-order valence-corrected chi connectivity index (χ1v) is 7.30. The lowest BCUT2D eigenvalue weighted by molar-refractivity contribution is 0.0206. The van der Waals surface area contributed by atoms with Gasteiger partial charge in [-0.3, -0.25) is 0 Å². The maximum Gasteiger partial charge on any atom is 0.514 e. The smallest absolute Gasteiger partial charge is 0.478 e. The molecule has 2 rings (SSSR count). The molecule has 0 atom stereocenters. The van der Waals surface area contributed by atoms with Gasteiger partial charge in [0.25, 0.3) is 0 Å². The summed E-state index contributed by atoms with van der Waals surface area (Å²) >= 11 is 0. The van der Waals surface area contributed by atoms with E-state index in [-0.39, 0.29) is 11.3 Å². The Morgan fingerprint density at radius 2 is 1.71 bits per heavy atom. The molecule has 126 valence electrons. The Morgan fingerprint density at radius 1 is 1.04 bits per heavy atom. The van der Waals surface area contributed by atoms with Crippen LogP contribution < -0.4 is 10.5 Å². The van der Waals surface area contributed by atoms with E-state index in [1.54, 1.807) is 57.2 Å². The van der Waals surface area contributed by atoms with Crippen LogP contribution in [0.1, 0.15) is 31.1 Å². The van der Waals surface area contributed by atoms with Crippen LogP contribution in [-0.4, -0.2) is 22.8 Å². The molecule has 0 bridgehead atoms. The first-order valence-electron chi connectivity index (χ1n) is 7.30. The van der Waals surface area contributed by atoms with Crippen LogP contribution in [0.4, 0.5) is 10.5 Å². The first kappa shape index (κ1) is 17.3. The van der Waals surface area contributed by atoms with Crippen LogP contribution in [0.25, 0.3) is 11.1 Å². The van der Waals surface area contributed by atoms with Gasteiger partial charge in [0, 0.05) is 5.69 Å². The molecule has 0 amide bonds. The molecule has 2 aromatic carbocycles. The van der Waals surface area contributed by atoms with Crippen LogP contribution >= 0.6 is 0 Å². The lowest BCUT2D eigenvalue weighted by Gasteiger charge is -2.18. The molecule has 6 nitrogen and oxygen atoms in total. The molecule has 6 heteroatoms. The highest BCUT2D eigenvalue weighted by molar-refractivity contribution is 5.94. The van der Waals surface area contributed by atoms with Gasteiger partial charge in [-0.2, -0.15) is 0 Å². The molecule has 0 aliphatic rings. The van der Waals surface area contributed by atoms with Gasteiger partial charge in [0.2, 0.25) is 0 Å². The summed E-state index contributed by atoms with van der Waals surface area (Å²) in [5.74, 6) is -0.760. The fourth-order valence-corrected chi connectivity index (χ4v) is 2.04. The summed E-state index contributed by atoms with van der Waals surface area (Å²) in [6.07, 6.45) is -0.791. The van der Waals surface area contributed by atoms with Crippen molar-refractivity contribution >= 4 is 17.8 Å². The molecular formula is C18H19NO5. The average molecular weight is 329 g/mol. The van der Waals surface area contributed by atoms with Gasteiger partial charge in [0.15, 0.2) is 0 Å². The summed E-state index contributed by atoms with van der Waals surface area (Å²) in [6.45, 7) is 5.24. The molecule has 0 aliphatic heterocycles. The molecule has 3 N–H and O–H groups in total. The third-order valence-electron chi connectivity index (χ3n) is 3.04. The third kappa shape index (κ3) is 4.49. The lowest BCUT2D eigenvalue weighted by Crippen LogP contribution is -2.25. The minimum Gasteiger partial charge on any atom is -0.478 e. The summed E-state index contributed by atoms with van der Waals surface area (Å²) in [4.78, 5) is 22.7. The van der Waals surface area contributed by atoms with E-state index in [1.807, 2.05) is 0 Å². The summed E-state index contributed by atoms with van der Waals surface area (Å²) in [6, 6.07) is 11.5. The second-order valence-electron chi connectivity index (χ2n) is 6.20. The van der Waals surface area contributed by atoms with Crippen molar-refractivity contribution in [2.24, 2.45) is 0 Å². The number of rotatable bonds is 3. The van der Waals surface area contributed by atoms with Crippen molar-refractivity contribution in [1.82, 2.24) is 0 Å². The fourth-order valence-electron chi connectivity index (χ4n) is 2.04. The molecular weight excluding hydrogens is 310 g/mol. The average Bonchev–Trinajstić information content (AvgIpc) is 2.44. The molecule has 0 spiro atoms. The number of hydrogen-bond acceptors (Lipinski definition) is 5. The first-order chi connectivity index (χ1) is 11.2. The standard InChI is InChI=1S/C18H19NO5/c1-18(2,3)24-17(22)23-13-6-4-5-11(9-13)12-7-8-14(16(20)21)15(19)10-12/h4-10H,19H2,1-3H3,(H,20,21). The predicted octanol–water partition coefficient (Wildman–Crippen LogP) is 3.95. The van der Waals surface area contributed by atoms with Crippen molar-refractivity contribution in [3.8, 4) is 16.9 Å². The maximum atomic E-state index is 11.7. The van der Waals surface area contributed by atoms with Gasteiger partial charge in [0.1, 0.15) is 11.4 Å². The third-order valence-corrected chi connectivity index (χ3v) is 3.04. The number of carboxylic acids is 1. The zero-order valence-electron chi connectivity index (χ0n) is 13.7. The number of hydrogen-bond donors (Lipinski definition) is 2. The summed E-state index contributed by atoms with van der Waals surface area (Å²) in [5.41, 5.74) is 6.78. The van der Waals surface area contributed by atoms with Crippen molar-refractivity contribution in [2.45, 2.75) is 26.4 Å². The van der Waals surface area contributed by atoms with Gasteiger partial charge in [-0.05, 0) is 56.2 Å². The van der Waals surface area contributed by atoms with E-state index in [0.29, 0.717) is 11.3 Å². The van der Waals surface area contributed by atoms with Crippen molar-refractivity contribution in [3.63, 3.8) is 0 Å². The summed E-state index contributed by atoms with van der Waals surface area (Å²) < 4.78 is 10.3. The molecule has 0 saturated carbocycles. The normalized spacial score (nSPS) is 11.0. The Bertz CT molecular complexity index is 777. The predicted molar refractivity (Wildman–Crippen MR) is 90.1 cm³/mol. The number of nitrogens with two attached hydrogens (primary N) is 1. The number of carbonyl (C=O) groups excluding carboxylic acids is 1. The molecule has 0 aromatic heterocycles. The largest absolute Gasteiger partial charge is 0.514 e. The van der Waals surface area contributed by atoms with Crippen molar-refractivity contribution < 1.29 is 24.2 Å². The fraction of sp³-hybridized carbons (Fsp3) is 0.222. The number of ether oxygens (including phenoxy) is 2. The van der Waals surface area contributed by atoms with E-state index in [4.69, 9.17) is 20.3 Å². The molecule has 0 aliphatic carbocycles. The zero-order valence-corrected chi connectivity index (χ0v) is 13.7. The van der Waals surface area contributed by atoms with Crippen LogP contribution in [0.3, 0.4) is 0 Å². The second-order valence-corrected chi connectivity index (χ2v) is 6.20. The van der Waals surface area contributed by atoms with Gasteiger partial charge in [0.05, 0.1) is 5.56 Å². The van der Waals surface area contributed by atoms with E-state index >= 15 is 0 Å². The number of benzene rings is 2. The molecule has 0 saturated heterocycles. The molecule has 0 unspecified atom stereocenters. The Hall–Kier alpha value is -3.02. The molecule has 0 radical (unpaired) electrons. The maximum absolute atomic E-state index is 11.7.